The quantitative estimate of drug-likeness (QED) is 0.768. The average Bonchev–Trinajstić information content (AvgIpc) is 2.30. The first-order chi connectivity index (χ1) is 8.19. The Morgan fingerprint density at radius 2 is 2.18 bits per heavy atom. The first kappa shape index (κ1) is 14.1. The normalized spacial score (nSPS) is 10.3. The van der Waals surface area contributed by atoms with Crippen LogP contribution >= 0.6 is 11.8 Å². The molecule has 3 heteroatoms. The number of rotatable bonds is 6. The van der Waals surface area contributed by atoms with Crippen LogP contribution in [0.2, 0.25) is 0 Å². The average molecular weight is 251 g/mol. The Bertz CT molecular complexity index is 365. The number of amides is 1. The fourth-order valence-electron chi connectivity index (χ4n) is 1.77. The Hall–Kier alpha value is -0.960. The maximum absolute atomic E-state index is 11.6. The van der Waals surface area contributed by atoms with Gasteiger partial charge in [0, 0.05) is 24.9 Å². The van der Waals surface area contributed by atoms with E-state index in [4.69, 9.17) is 0 Å². The molecule has 0 radical (unpaired) electrons. The first-order valence-electron chi connectivity index (χ1n) is 6.05. The van der Waals surface area contributed by atoms with E-state index in [1.165, 1.54) is 5.56 Å². The van der Waals surface area contributed by atoms with Crippen LogP contribution < -0.4 is 4.90 Å². The van der Waals surface area contributed by atoms with Crippen LogP contribution in [0.5, 0.6) is 0 Å². The summed E-state index contributed by atoms with van der Waals surface area (Å²) in [6.45, 7) is 4.59. The second-order valence-electron chi connectivity index (χ2n) is 4.13. The highest BCUT2D eigenvalue weighted by atomic mass is 32.2. The zero-order chi connectivity index (χ0) is 12.7. The van der Waals surface area contributed by atoms with Crippen molar-refractivity contribution in [2.75, 3.05) is 17.7 Å². The molecule has 0 saturated heterocycles. The Morgan fingerprint density at radius 1 is 1.41 bits per heavy atom. The minimum absolute atomic E-state index is 0.125. The second-order valence-corrected chi connectivity index (χ2v) is 4.99. The summed E-state index contributed by atoms with van der Waals surface area (Å²) in [7, 11) is 0. The number of carbonyl (C=O) groups is 1. The minimum atomic E-state index is 0.125. The van der Waals surface area contributed by atoms with Crippen molar-refractivity contribution in [2.24, 2.45) is 0 Å². The Morgan fingerprint density at radius 3 is 2.76 bits per heavy atom. The molecular weight excluding hydrogens is 230 g/mol. The van der Waals surface area contributed by atoms with E-state index >= 15 is 0 Å². The molecule has 0 heterocycles. The molecule has 94 valence electrons. The molecule has 0 aliphatic heterocycles. The summed E-state index contributed by atoms with van der Waals surface area (Å²) in [6.07, 6.45) is 4.24. The molecule has 0 bridgehead atoms. The number of hydrogen-bond acceptors (Lipinski definition) is 2. The highest BCUT2D eigenvalue weighted by molar-refractivity contribution is 7.97. The van der Waals surface area contributed by atoms with Gasteiger partial charge in [-0.2, -0.15) is 11.8 Å². The number of benzene rings is 1. The number of nitrogens with zero attached hydrogens (tertiary/aromatic N) is 1. The summed E-state index contributed by atoms with van der Waals surface area (Å²) in [5.74, 6) is 1.12. The lowest BCUT2D eigenvalue weighted by atomic mass is 10.2. The van der Waals surface area contributed by atoms with Gasteiger partial charge in [-0.3, -0.25) is 4.79 Å². The summed E-state index contributed by atoms with van der Waals surface area (Å²) in [6, 6.07) is 8.27. The van der Waals surface area contributed by atoms with Crippen LogP contribution in [0.25, 0.3) is 0 Å². The lowest BCUT2D eigenvalue weighted by Crippen LogP contribution is -2.29. The number of anilines is 1. The van der Waals surface area contributed by atoms with E-state index in [0.29, 0.717) is 0 Å². The van der Waals surface area contributed by atoms with Gasteiger partial charge >= 0.3 is 0 Å². The summed E-state index contributed by atoms with van der Waals surface area (Å²) in [4.78, 5) is 13.5. The first-order valence-corrected chi connectivity index (χ1v) is 7.44. The summed E-state index contributed by atoms with van der Waals surface area (Å²) in [5, 5.41) is 0. The fraction of sp³-hybridized carbons (Fsp3) is 0.500. The standard InChI is InChI=1S/C14H21NOS/c1-4-5-9-15(12(2)16)14-8-6-7-13(10-14)11-17-3/h6-8,10H,4-5,9,11H2,1-3H3. The van der Waals surface area contributed by atoms with Crippen molar-refractivity contribution in [1.82, 2.24) is 0 Å². The summed E-state index contributed by atoms with van der Waals surface area (Å²) < 4.78 is 0. The van der Waals surface area contributed by atoms with Crippen LogP contribution in [0.3, 0.4) is 0 Å². The maximum Gasteiger partial charge on any atom is 0.223 e. The van der Waals surface area contributed by atoms with Crippen molar-refractivity contribution in [3.05, 3.63) is 29.8 Å². The third-order valence-corrected chi connectivity index (χ3v) is 3.27. The molecule has 0 atom stereocenters. The topological polar surface area (TPSA) is 20.3 Å². The van der Waals surface area contributed by atoms with E-state index in [0.717, 1.165) is 30.8 Å². The van der Waals surface area contributed by atoms with Gasteiger partial charge in [0.2, 0.25) is 5.91 Å². The van der Waals surface area contributed by atoms with Gasteiger partial charge in [-0.25, -0.2) is 0 Å². The second kappa shape index (κ2) is 7.38. The van der Waals surface area contributed by atoms with Gasteiger partial charge in [-0.05, 0) is 30.4 Å². The zero-order valence-electron chi connectivity index (χ0n) is 10.9. The van der Waals surface area contributed by atoms with Crippen LogP contribution in [0.4, 0.5) is 5.69 Å². The molecule has 0 aliphatic rings. The largest absolute Gasteiger partial charge is 0.313 e. The van der Waals surface area contributed by atoms with E-state index in [2.05, 4.69) is 25.3 Å². The van der Waals surface area contributed by atoms with Gasteiger partial charge in [0.25, 0.3) is 0 Å². The molecule has 0 aliphatic carbocycles. The lowest BCUT2D eigenvalue weighted by molar-refractivity contribution is -0.116. The Balaban J connectivity index is 2.85. The summed E-state index contributed by atoms with van der Waals surface area (Å²) >= 11 is 1.80. The van der Waals surface area contributed by atoms with Crippen LogP contribution in [0, 0.1) is 0 Å². The summed E-state index contributed by atoms with van der Waals surface area (Å²) in [5.41, 5.74) is 2.30. The molecular formula is C14H21NOS. The highest BCUT2D eigenvalue weighted by Gasteiger charge is 2.10. The molecule has 0 fully saturated rings. The number of thioether (sulfide) groups is 1. The van der Waals surface area contributed by atoms with E-state index in [1.54, 1.807) is 18.7 Å². The molecule has 17 heavy (non-hydrogen) atoms. The van der Waals surface area contributed by atoms with Gasteiger partial charge in [0.1, 0.15) is 0 Å². The van der Waals surface area contributed by atoms with Crippen molar-refractivity contribution in [1.29, 1.82) is 0 Å². The third kappa shape index (κ3) is 4.43. The predicted molar refractivity (Wildman–Crippen MR) is 76.6 cm³/mol. The van der Waals surface area contributed by atoms with Crippen LogP contribution in [-0.2, 0) is 10.5 Å². The molecule has 0 unspecified atom stereocenters. The molecule has 1 rings (SSSR count). The van der Waals surface area contributed by atoms with Crippen molar-refractivity contribution >= 4 is 23.4 Å². The van der Waals surface area contributed by atoms with Crippen molar-refractivity contribution in [3.63, 3.8) is 0 Å². The molecule has 0 spiro atoms. The molecule has 1 aromatic carbocycles. The van der Waals surface area contributed by atoms with Gasteiger partial charge in [0.05, 0.1) is 0 Å². The van der Waals surface area contributed by atoms with E-state index < -0.39 is 0 Å². The van der Waals surface area contributed by atoms with Crippen LogP contribution in [0.15, 0.2) is 24.3 Å². The van der Waals surface area contributed by atoms with Gasteiger partial charge in [-0.15, -0.1) is 0 Å². The van der Waals surface area contributed by atoms with Crippen molar-refractivity contribution in [2.45, 2.75) is 32.4 Å². The van der Waals surface area contributed by atoms with Gasteiger partial charge < -0.3 is 4.90 Å². The van der Waals surface area contributed by atoms with E-state index in [-0.39, 0.29) is 5.91 Å². The minimum Gasteiger partial charge on any atom is -0.313 e. The predicted octanol–water partition coefficient (Wildman–Crippen LogP) is 3.70. The molecule has 0 saturated carbocycles. The molecule has 2 nitrogen and oxygen atoms in total. The molecule has 1 amide bonds. The lowest BCUT2D eigenvalue weighted by Gasteiger charge is -2.21. The van der Waals surface area contributed by atoms with Crippen LogP contribution in [-0.4, -0.2) is 18.7 Å². The third-order valence-electron chi connectivity index (χ3n) is 2.65. The maximum atomic E-state index is 11.6. The Labute approximate surface area is 108 Å². The Kier molecular flexibility index (Phi) is 6.12. The highest BCUT2D eigenvalue weighted by Crippen LogP contribution is 2.19. The number of hydrogen-bond donors (Lipinski definition) is 0. The van der Waals surface area contributed by atoms with E-state index in [9.17, 15) is 4.79 Å². The van der Waals surface area contributed by atoms with Crippen molar-refractivity contribution < 1.29 is 4.79 Å². The molecule has 0 N–H and O–H groups in total. The number of carbonyl (C=O) groups excluding carboxylic acids is 1. The van der Waals surface area contributed by atoms with E-state index in [1.807, 2.05) is 17.0 Å². The smallest absolute Gasteiger partial charge is 0.223 e. The fourth-order valence-corrected chi connectivity index (χ4v) is 2.28. The SMILES string of the molecule is CCCCN(C(C)=O)c1cccc(CSC)c1. The van der Waals surface area contributed by atoms with Gasteiger partial charge in [0.15, 0.2) is 0 Å². The molecule has 1 aromatic rings. The zero-order valence-corrected chi connectivity index (χ0v) is 11.7. The van der Waals surface area contributed by atoms with Crippen LogP contribution in [0.1, 0.15) is 32.3 Å². The molecule has 0 aromatic heterocycles. The number of unbranched alkanes of at least 4 members (excludes halogenated alkanes) is 1. The van der Waals surface area contributed by atoms with Crippen molar-refractivity contribution in [3.8, 4) is 0 Å². The monoisotopic (exact) mass is 251 g/mol. The van der Waals surface area contributed by atoms with Gasteiger partial charge in [-0.1, -0.05) is 25.5 Å².